The molecule has 0 amide bonds. The highest BCUT2D eigenvalue weighted by molar-refractivity contribution is 7.99. The average Bonchev–Trinajstić information content (AvgIpc) is 2.81. The first-order valence-electron chi connectivity index (χ1n) is 6.71. The highest BCUT2D eigenvalue weighted by Crippen LogP contribution is 2.40. The van der Waals surface area contributed by atoms with Crippen LogP contribution in [0.15, 0.2) is 5.16 Å². The molecule has 2 unspecified atom stereocenters. The molecule has 2 heterocycles. The van der Waals surface area contributed by atoms with Gasteiger partial charge in [-0.3, -0.25) is 9.48 Å². The molecule has 1 aliphatic carbocycles. The Hall–Kier alpha value is -1.50. The van der Waals surface area contributed by atoms with Crippen LogP contribution in [0, 0.1) is 18.8 Å². The molecular formula is C13H18N4O2S. The summed E-state index contributed by atoms with van der Waals surface area (Å²) in [5.74, 6) is 0.643. The zero-order valence-electron chi connectivity index (χ0n) is 11.8. The summed E-state index contributed by atoms with van der Waals surface area (Å²) in [5.41, 5.74) is 2.77. The third-order valence-corrected chi connectivity index (χ3v) is 4.83. The summed E-state index contributed by atoms with van der Waals surface area (Å²) in [6.45, 7) is 5.08. The molecule has 3 rings (SSSR count). The minimum atomic E-state index is -0.816. The van der Waals surface area contributed by atoms with Gasteiger partial charge in [0, 0.05) is 13.6 Å². The number of carboxylic acids is 1. The number of carboxylic acid groups (broad SMARTS) is 1. The first kappa shape index (κ1) is 13.5. The minimum absolute atomic E-state index is 0.0377. The zero-order valence-corrected chi connectivity index (χ0v) is 12.6. The van der Waals surface area contributed by atoms with Crippen molar-refractivity contribution in [3.63, 3.8) is 0 Å². The lowest BCUT2D eigenvalue weighted by Gasteiger charge is -2.08. The molecule has 20 heavy (non-hydrogen) atoms. The molecule has 108 valence electrons. The number of aromatic nitrogens is 4. The summed E-state index contributed by atoms with van der Waals surface area (Å²) < 4.78 is 3.98. The molecule has 1 fully saturated rings. The van der Waals surface area contributed by atoms with Crippen LogP contribution < -0.4 is 0 Å². The smallest absolute Gasteiger partial charge is 0.313 e. The maximum Gasteiger partial charge on any atom is 0.313 e. The van der Waals surface area contributed by atoms with E-state index in [1.54, 1.807) is 0 Å². The van der Waals surface area contributed by atoms with Crippen molar-refractivity contribution >= 4 is 28.9 Å². The van der Waals surface area contributed by atoms with Gasteiger partial charge in [0.05, 0.1) is 11.4 Å². The monoisotopic (exact) mass is 294 g/mol. The number of hydrogen-bond donors (Lipinski definition) is 1. The normalized spacial score (nSPS) is 21.6. The Balaban J connectivity index is 2.00. The number of aryl methyl sites for hydroxylation is 2. The molecule has 0 radical (unpaired) electrons. The Labute approximate surface area is 121 Å². The Bertz CT molecular complexity index is 676. The summed E-state index contributed by atoms with van der Waals surface area (Å²) in [6.07, 6.45) is 1.24. The van der Waals surface area contributed by atoms with E-state index in [4.69, 9.17) is 5.11 Å². The van der Waals surface area contributed by atoms with Crippen molar-refractivity contribution in [2.24, 2.45) is 18.9 Å². The topological polar surface area (TPSA) is 72.9 Å². The number of thioether (sulfide) groups is 1. The van der Waals surface area contributed by atoms with Crippen LogP contribution in [0.4, 0.5) is 0 Å². The fourth-order valence-corrected chi connectivity index (χ4v) is 3.33. The lowest BCUT2D eigenvalue weighted by atomic mass is 10.3. The van der Waals surface area contributed by atoms with Gasteiger partial charge in [-0.1, -0.05) is 18.7 Å². The molecular weight excluding hydrogens is 276 g/mol. The zero-order chi connectivity index (χ0) is 14.4. The van der Waals surface area contributed by atoms with Gasteiger partial charge in [0.1, 0.15) is 5.52 Å². The van der Waals surface area contributed by atoms with Crippen LogP contribution in [0.2, 0.25) is 0 Å². The number of aliphatic carboxylic acids is 1. The van der Waals surface area contributed by atoms with Crippen molar-refractivity contribution in [1.29, 1.82) is 0 Å². The summed E-state index contributed by atoms with van der Waals surface area (Å²) in [5, 5.41) is 14.1. The number of nitrogens with zero attached hydrogens (tertiary/aromatic N) is 4. The molecule has 2 atom stereocenters. The van der Waals surface area contributed by atoms with E-state index in [2.05, 4.69) is 21.6 Å². The molecule has 1 aliphatic rings. The van der Waals surface area contributed by atoms with Gasteiger partial charge in [-0.2, -0.15) is 5.10 Å². The molecule has 0 aromatic carbocycles. The minimum Gasteiger partial charge on any atom is -0.481 e. The molecule has 0 spiro atoms. The van der Waals surface area contributed by atoms with E-state index in [-0.39, 0.29) is 5.75 Å². The number of imidazole rings is 1. The summed E-state index contributed by atoms with van der Waals surface area (Å²) in [7, 11) is 1.91. The number of carbonyl (C=O) groups is 1. The summed E-state index contributed by atoms with van der Waals surface area (Å²) in [4.78, 5) is 15.4. The van der Waals surface area contributed by atoms with Gasteiger partial charge in [-0.15, -0.1) is 0 Å². The van der Waals surface area contributed by atoms with Crippen molar-refractivity contribution < 1.29 is 9.90 Å². The van der Waals surface area contributed by atoms with Gasteiger partial charge >= 0.3 is 5.97 Å². The lowest BCUT2D eigenvalue weighted by Crippen LogP contribution is -2.08. The van der Waals surface area contributed by atoms with E-state index in [0.29, 0.717) is 5.92 Å². The van der Waals surface area contributed by atoms with E-state index >= 15 is 0 Å². The average molecular weight is 294 g/mol. The predicted molar refractivity (Wildman–Crippen MR) is 76.9 cm³/mol. The van der Waals surface area contributed by atoms with Gasteiger partial charge in [-0.25, -0.2) is 4.98 Å². The Morgan fingerprint density at radius 3 is 2.85 bits per heavy atom. The number of rotatable bonds is 5. The lowest BCUT2D eigenvalue weighted by molar-refractivity contribution is -0.133. The molecule has 0 bridgehead atoms. The van der Waals surface area contributed by atoms with Crippen LogP contribution in [-0.4, -0.2) is 36.2 Å². The first-order valence-corrected chi connectivity index (χ1v) is 7.70. The van der Waals surface area contributed by atoms with Crippen LogP contribution in [0.25, 0.3) is 11.2 Å². The summed E-state index contributed by atoms with van der Waals surface area (Å²) in [6, 6.07) is 0. The second-order valence-corrected chi connectivity index (χ2v) is 6.48. The van der Waals surface area contributed by atoms with Crippen LogP contribution in [0.3, 0.4) is 0 Å². The molecule has 0 aliphatic heterocycles. The second kappa shape index (κ2) is 4.80. The van der Waals surface area contributed by atoms with E-state index in [9.17, 15) is 4.79 Å². The van der Waals surface area contributed by atoms with E-state index in [1.165, 1.54) is 18.2 Å². The fourth-order valence-electron chi connectivity index (χ4n) is 2.60. The van der Waals surface area contributed by atoms with Crippen LogP contribution >= 0.6 is 11.8 Å². The Morgan fingerprint density at radius 1 is 1.55 bits per heavy atom. The van der Waals surface area contributed by atoms with Gasteiger partial charge in [-0.05, 0) is 25.2 Å². The first-order chi connectivity index (χ1) is 9.47. The SMILES string of the molecule is Cc1nn(C)c2c1nc(SCC(=O)O)n2CC1CC1C. The van der Waals surface area contributed by atoms with Crippen molar-refractivity contribution in [1.82, 2.24) is 19.3 Å². The van der Waals surface area contributed by atoms with Crippen LogP contribution in [0.1, 0.15) is 19.0 Å². The van der Waals surface area contributed by atoms with Gasteiger partial charge in [0.15, 0.2) is 10.8 Å². The third kappa shape index (κ3) is 2.30. The van der Waals surface area contributed by atoms with E-state index < -0.39 is 5.97 Å². The number of hydrogen-bond acceptors (Lipinski definition) is 4. The highest BCUT2D eigenvalue weighted by Gasteiger charge is 2.34. The Kier molecular flexibility index (Phi) is 3.24. The van der Waals surface area contributed by atoms with Gasteiger partial charge in [0.25, 0.3) is 0 Å². The molecule has 0 saturated heterocycles. The maximum absolute atomic E-state index is 10.8. The molecule has 1 saturated carbocycles. The second-order valence-electron chi connectivity index (χ2n) is 5.54. The molecule has 2 aromatic rings. The van der Waals surface area contributed by atoms with E-state index in [0.717, 1.165) is 34.5 Å². The fraction of sp³-hybridized carbons (Fsp3) is 0.615. The van der Waals surface area contributed by atoms with Crippen molar-refractivity contribution in [3.8, 4) is 0 Å². The molecule has 2 aromatic heterocycles. The standard InChI is InChI=1S/C13H18N4O2S/c1-7-4-9(7)5-17-12-11(8(2)15-16(12)3)14-13(17)20-6-10(18)19/h7,9H,4-6H2,1-3H3,(H,18,19). The van der Waals surface area contributed by atoms with Gasteiger partial charge < -0.3 is 9.67 Å². The molecule has 6 nitrogen and oxygen atoms in total. The van der Waals surface area contributed by atoms with Gasteiger partial charge in [0.2, 0.25) is 0 Å². The Morgan fingerprint density at radius 2 is 2.25 bits per heavy atom. The highest BCUT2D eigenvalue weighted by atomic mass is 32.2. The van der Waals surface area contributed by atoms with E-state index in [1.807, 2.05) is 18.7 Å². The largest absolute Gasteiger partial charge is 0.481 e. The molecule has 7 heteroatoms. The third-order valence-electron chi connectivity index (χ3n) is 3.87. The van der Waals surface area contributed by atoms with Crippen molar-refractivity contribution in [2.45, 2.75) is 32.0 Å². The molecule has 1 N–H and O–H groups in total. The summed E-state index contributed by atoms with van der Waals surface area (Å²) >= 11 is 1.29. The predicted octanol–water partition coefficient (Wildman–Crippen LogP) is 1.91. The van der Waals surface area contributed by atoms with Crippen LogP contribution in [-0.2, 0) is 18.4 Å². The maximum atomic E-state index is 10.8. The van der Waals surface area contributed by atoms with Crippen LogP contribution in [0.5, 0.6) is 0 Å². The van der Waals surface area contributed by atoms with Crippen molar-refractivity contribution in [2.75, 3.05) is 5.75 Å². The van der Waals surface area contributed by atoms with Crippen molar-refractivity contribution in [3.05, 3.63) is 5.69 Å². The number of fused-ring (bicyclic) bond motifs is 1. The quantitative estimate of drug-likeness (QED) is 0.853.